The fourth-order valence-corrected chi connectivity index (χ4v) is 5.45. The number of hydrogen-bond acceptors (Lipinski definition) is 4. The van der Waals surface area contributed by atoms with Gasteiger partial charge in [-0.25, -0.2) is 0 Å². The average Bonchev–Trinajstić information content (AvgIpc) is 3.47. The van der Waals surface area contributed by atoms with E-state index in [4.69, 9.17) is 4.74 Å². The van der Waals surface area contributed by atoms with Gasteiger partial charge in [0.1, 0.15) is 0 Å². The van der Waals surface area contributed by atoms with Crippen LogP contribution in [0.15, 0.2) is 66.7 Å². The number of nitrogens with one attached hydrogen (secondary N) is 1. The van der Waals surface area contributed by atoms with Crippen LogP contribution in [0.5, 0.6) is 0 Å². The van der Waals surface area contributed by atoms with Crippen molar-refractivity contribution in [2.45, 2.75) is 32.7 Å². The highest BCUT2D eigenvalue weighted by molar-refractivity contribution is 6.01. The highest BCUT2D eigenvalue weighted by Gasteiger charge is 2.58. The van der Waals surface area contributed by atoms with E-state index in [-0.39, 0.29) is 11.8 Å². The number of aromatic amines is 1. The SMILES string of the molecule is COCCN(C(=O)[C@]1(C)C[C@H]1c1ccc2c(/C=C/c3ccc(CN(C)C)cc3)n[nH]c2c1)c1ccccc1C. The molecule has 202 valence electrons. The zero-order valence-electron chi connectivity index (χ0n) is 23.6. The van der Waals surface area contributed by atoms with Gasteiger partial charge in [0.2, 0.25) is 5.91 Å². The summed E-state index contributed by atoms with van der Waals surface area (Å²) in [4.78, 5) is 17.9. The third-order valence-corrected chi connectivity index (χ3v) is 7.83. The van der Waals surface area contributed by atoms with Crippen LogP contribution in [0.2, 0.25) is 0 Å². The zero-order chi connectivity index (χ0) is 27.6. The van der Waals surface area contributed by atoms with E-state index in [1.165, 1.54) is 11.1 Å². The molecule has 5 rings (SSSR count). The van der Waals surface area contributed by atoms with Gasteiger partial charge in [0, 0.05) is 31.3 Å². The lowest BCUT2D eigenvalue weighted by atomic mass is 9.97. The molecule has 1 aromatic heterocycles. The molecule has 0 radical (unpaired) electrons. The van der Waals surface area contributed by atoms with Crippen LogP contribution in [0.25, 0.3) is 23.1 Å². The Morgan fingerprint density at radius 3 is 2.59 bits per heavy atom. The summed E-state index contributed by atoms with van der Waals surface area (Å²) in [6.45, 7) is 6.10. The maximum atomic E-state index is 13.9. The molecule has 1 heterocycles. The second kappa shape index (κ2) is 11.2. The van der Waals surface area contributed by atoms with Crippen molar-refractivity contribution in [2.75, 3.05) is 39.3 Å². The van der Waals surface area contributed by atoms with Crippen LogP contribution in [0.1, 0.15) is 47.2 Å². The first-order valence-corrected chi connectivity index (χ1v) is 13.6. The second-order valence-electron chi connectivity index (χ2n) is 11.1. The Kier molecular flexibility index (Phi) is 7.69. The predicted molar refractivity (Wildman–Crippen MR) is 160 cm³/mol. The third-order valence-electron chi connectivity index (χ3n) is 7.83. The molecule has 1 aliphatic carbocycles. The highest BCUT2D eigenvalue weighted by atomic mass is 16.5. The summed E-state index contributed by atoms with van der Waals surface area (Å²) in [7, 11) is 5.83. The van der Waals surface area contributed by atoms with Gasteiger partial charge in [-0.05, 0) is 73.8 Å². The minimum absolute atomic E-state index is 0.156. The third kappa shape index (κ3) is 5.68. The van der Waals surface area contributed by atoms with Gasteiger partial charge in [0.15, 0.2) is 0 Å². The minimum Gasteiger partial charge on any atom is -0.383 e. The zero-order valence-corrected chi connectivity index (χ0v) is 23.6. The van der Waals surface area contributed by atoms with Crippen molar-refractivity contribution in [3.05, 3.63) is 94.7 Å². The van der Waals surface area contributed by atoms with Crippen molar-refractivity contribution in [2.24, 2.45) is 5.41 Å². The van der Waals surface area contributed by atoms with Gasteiger partial charge in [-0.3, -0.25) is 9.89 Å². The molecular formula is C33H38N4O2. The first kappa shape index (κ1) is 26.9. The molecule has 0 aliphatic heterocycles. The average molecular weight is 523 g/mol. The topological polar surface area (TPSA) is 61.5 Å². The number of carbonyl (C=O) groups is 1. The molecule has 0 bridgehead atoms. The van der Waals surface area contributed by atoms with Gasteiger partial charge in [-0.1, -0.05) is 67.6 Å². The van der Waals surface area contributed by atoms with Crippen molar-refractivity contribution in [1.82, 2.24) is 15.1 Å². The lowest BCUT2D eigenvalue weighted by Gasteiger charge is -2.28. The summed E-state index contributed by atoms with van der Waals surface area (Å²) >= 11 is 0. The van der Waals surface area contributed by atoms with Crippen LogP contribution in [-0.4, -0.2) is 55.4 Å². The summed E-state index contributed by atoms with van der Waals surface area (Å²) < 4.78 is 5.33. The number of ether oxygens (including phenoxy) is 1. The maximum Gasteiger partial charge on any atom is 0.233 e. The highest BCUT2D eigenvalue weighted by Crippen LogP contribution is 2.60. The van der Waals surface area contributed by atoms with Crippen LogP contribution in [-0.2, 0) is 16.1 Å². The summed E-state index contributed by atoms with van der Waals surface area (Å²) in [5.41, 5.74) is 7.12. The lowest BCUT2D eigenvalue weighted by molar-refractivity contribution is -0.123. The van der Waals surface area contributed by atoms with E-state index in [9.17, 15) is 4.79 Å². The number of H-pyrrole nitrogens is 1. The number of amides is 1. The molecule has 6 nitrogen and oxygen atoms in total. The first-order chi connectivity index (χ1) is 18.8. The molecule has 3 aromatic carbocycles. The molecule has 39 heavy (non-hydrogen) atoms. The quantitative estimate of drug-likeness (QED) is 0.266. The van der Waals surface area contributed by atoms with E-state index in [0.717, 1.165) is 46.4 Å². The summed E-state index contributed by atoms with van der Waals surface area (Å²) in [5, 5.41) is 8.84. The Morgan fingerprint density at radius 2 is 1.87 bits per heavy atom. The molecule has 2 atom stereocenters. The molecule has 1 amide bonds. The molecule has 0 saturated heterocycles. The van der Waals surface area contributed by atoms with Crippen LogP contribution in [0.4, 0.5) is 5.69 Å². The van der Waals surface area contributed by atoms with Crippen molar-refractivity contribution in [1.29, 1.82) is 0 Å². The number of fused-ring (bicyclic) bond motifs is 1. The smallest absolute Gasteiger partial charge is 0.233 e. The van der Waals surface area contributed by atoms with E-state index in [0.29, 0.717) is 13.2 Å². The Labute approximate surface area is 231 Å². The second-order valence-corrected chi connectivity index (χ2v) is 11.1. The number of aromatic nitrogens is 2. The largest absolute Gasteiger partial charge is 0.383 e. The van der Waals surface area contributed by atoms with Crippen molar-refractivity contribution >= 4 is 34.6 Å². The van der Waals surface area contributed by atoms with Gasteiger partial charge in [0.25, 0.3) is 0 Å². The van der Waals surface area contributed by atoms with Crippen LogP contribution < -0.4 is 4.90 Å². The predicted octanol–water partition coefficient (Wildman–Crippen LogP) is 6.28. The number of nitrogens with zero attached hydrogens (tertiary/aromatic N) is 3. The maximum absolute atomic E-state index is 13.9. The van der Waals surface area contributed by atoms with E-state index < -0.39 is 5.41 Å². The molecule has 0 spiro atoms. The van der Waals surface area contributed by atoms with Gasteiger partial charge < -0.3 is 14.5 Å². The number of para-hydroxylation sites is 1. The number of aryl methyl sites for hydroxylation is 1. The van der Waals surface area contributed by atoms with Crippen LogP contribution in [0, 0.1) is 12.3 Å². The van der Waals surface area contributed by atoms with Crippen molar-refractivity contribution < 1.29 is 9.53 Å². The standard InChI is InChI=1S/C33H38N4O2/c1-23-8-6-7-9-31(23)37(18-19-39-5)32(38)33(2)21-28(33)26-15-16-27-29(34-35-30(27)20-26)17-14-24-10-12-25(13-11-24)22-36(3)4/h6-17,20,28H,18-19,21-22H2,1-5H3,(H,34,35)/b17-14+/t28-,33+/m0/s1. The number of methoxy groups -OCH3 is 1. The van der Waals surface area contributed by atoms with E-state index in [1.54, 1.807) is 7.11 Å². The Bertz CT molecular complexity index is 1490. The Balaban J connectivity index is 1.32. The van der Waals surface area contributed by atoms with Crippen molar-refractivity contribution in [3.8, 4) is 0 Å². The van der Waals surface area contributed by atoms with Crippen molar-refractivity contribution in [3.63, 3.8) is 0 Å². The number of carbonyl (C=O) groups excluding carboxylic acids is 1. The van der Waals surface area contributed by atoms with Crippen LogP contribution in [0.3, 0.4) is 0 Å². The van der Waals surface area contributed by atoms with Gasteiger partial charge in [-0.15, -0.1) is 0 Å². The van der Waals surface area contributed by atoms with Gasteiger partial charge in [0.05, 0.1) is 23.2 Å². The Hall–Kier alpha value is -3.74. The molecule has 1 N–H and O–H groups in total. The molecule has 4 aromatic rings. The molecule has 0 unspecified atom stereocenters. The molecule has 1 aliphatic rings. The number of anilines is 1. The molecule has 6 heteroatoms. The summed E-state index contributed by atoms with van der Waals surface area (Å²) in [6.07, 6.45) is 4.98. The number of rotatable bonds is 10. The van der Waals surface area contributed by atoms with Crippen LogP contribution >= 0.6 is 0 Å². The van der Waals surface area contributed by atoms with E-state index >= 15 is 0 Å². The summed E-state index contributed by atoms with van der Waals surface area (Å²) in [5.74, 6) is 0.329. The number of hydrogen-bond donors (Lipinski definition) is 1. The van der Waals surface area contributed by atoms with Gasteiger partial charge >= 0.3 is 0 Å². The van der Waals surface area contributed by atoms with Gasteiger partial charge in [-0.2, -0.15) is 5.10 Å². The molecule has 1 saturated carbocycles. The fraction of sp³-hybridized carbons (Fsp3) is 0.333. The van der Waals surface area contributed by atoms with E-state index in [1.807, 2.05) is 36.1 Å². The normalized spacial score (nSPS) is 18.8. The molecule has 1 fully saturated rings. The minimum atomic E-state index is -0.439. The first-order valence-electron chi connectivity index (χ1n) is 13.6. The van der Waals surface area contributed by atoms with E-state index in [2.05, 4.69) is 90.7 Å². The summed E-state index contributed by atoms with van der Waals surface area (Å²) in [6, 6.07) is 23.1. The Morgan fingerprint density at radius 1 is 1.10 bits per heavy atom. The monoisotopic (exact) mass is 522 g/mol. The molecular weight excluding hydrogens is 484 g/mol. The lowest BCUT2D eigenvalue weighted by Crippen LogP contribution is -2.39. The fourth-order valence-electron chi connectivity index (χ4n) is 5.45. The number of benzene rings is 3.